The van der Waals surface area contributed by atoms with Gasteiger partial charge in [0.1, 0.15) is 11.5 Å². The zero-order valence-corrected chi connectivity index (χ0v) is 16.0. The van der Waals surface area contributed by atoms with Gasteiger partial charge in [0.05, 0.1) is 19.9 Å². The van der Waals surface area contributed by atoms with Crippen LogP contribution in [-0.4, -0.2) is 32.6 Å². The molecule has 6 heteroatoms. The van der Waals surface area contributed by atoms with E-state index in [1.54, 1.807) is 49.6 Å². The first-order valence-electron chi connectivity index (χ1n) is 9.00. The number of carbonyl (C=O) groups is 2. The lowest BCUT2D eigenvalue weighted by Crippen LogP contribution is -2.24. The molecule has 2 amide bonds. The molecule has 27 heavy (non-hydrogen) atoms. The predicted molar refractivity (Wildman–Crippen MR) is 106 cm³/mol. The lowest BCUT2D eigenvalue weighted by atomic mass is 10.1. The lowest BCUT2D eigenvalue weighted by Gasteiger charge is -2.12. The molecule has 2 aromatic carbocycles. The molecule has 0 atom stereocenters. The van der Waals surface area contributed by atoms with Gasteiger partial charge in [-0.3, -0.25) is 9.59 Å². The van der Waals surface area contributed by atoms with Crippen LogP contribution in [0.25, 0.3) is 0 Å². The van der Waals surface area contributed by atoms with Gasteiger partial charge in [-0.1, -0.05) is 19.8 Å². The van der Waals surface area contributed by atoms with E-state index in [4.69, 9.17) is 9.47 Å². The molecule has 144 valence electrons. The number of methoxy groups -OCH3 is 2. The van der Waals surface area contributed by atoms with Gasteiger partial charge in [0.15, 0.2) is 0 Å². The highest BCUT2D eigenvalue weighted by Gasteiger charge is 2.12. The van der Waals surface area contributed by atoms with Crippen LogP contribution >= 0.6 is 0 Å². The minimum absolute atomic E-state index is 0.132. The Hall–Kier alpha value is -3.02. The van der Waals surface area contributed by atoms with E-state index in [1.807, 2.05) is 0 Å². The van der Waals surface area contributed by atoms with Gasteiger partial charge < -0.3 is 20.1 Å². The molecule has 0 heterocycles. The first-order chi connectivity index (χ1) is 13.1. The van der Waals surface area contributed by atoms with Crippen molar-refractivity contribution in [3.8, 4) is 11.5 Å². The van der Waals surface area contributed by atoms with Crippen molar-refractivity contribution >= 4 is 17.5 Å². The number of amides is 2. The van der Waals surface area contributed by atoms with E-state index in [9.17, 15) is 9.59 Å². The molecular formula is C21H26N2O4. The number of unbranched alkanes of at least 4 members (excludes halogenated alkanes) is 2. The molecule has 0 saturated heterocycles. The summed E-state index contributed by atoms with van der Waals surface area (Å²) < 4.78 is 10.4. The van der Waals surface area contributed by atoms with Crippen molar-refractivity contribution in [2.24, 2.45) is 0 Å². The molecular weight excluding hydrogens is 344 g/mol. The summed E-state index contributed by atoms with van der Waals surface area (Å²) in [5.41, 5.74) is 1.49. The minimum atomic E-state index is -0.295. The van der Waals surface area contributed by atoms with Crippen molar-refractivity contribution in [1.29, 1.82) is 0 Å². The van der Waals surface area contributed by atoms with Gasteiger partial charge in [0, 0.05) is 23.7 Å². The number of nitrogens with one attached hydrogen (secondary N) is 2. The molecule has 0 radical (unpaired) electrons. The van der Waals surface area contributed by atoms with Gasteiger partial charge >= 0.3 is 0 Å². The van der Waals surface area contributed by atoms with Crippen LogP contribution in [0.3, 0.4) is 0 Å². The summed E-state index contributed by atoms with van der Waals surface area (Å²) in [5.74, 6) is 0.720. The Balaban J connectivity index is 2.02. The van der Waals surface area contributed by atoms with Crippen molar-refractivity contribution in [3.05, 3.63) is 53.6 Å². The molecule has 2 N–H and O–H groups in total. The standard InChI is InChI=1S/C21H26N2O4/c1-4-5-6-13-22-20(24)15-7-9-16(10-8-15)21(25)23-18-14-17(26-2)11-12-19(18)27-3/h7-12,14H,4-6,13H2,1-3H3,(H,22,24)(H,23,25). The van der Waals surface area contributed by atoms with Crippen LogP contribution in [0.4, 0.5) is 5.69 Å². The zero-order valence-electron chi connectivity index (χ0n) is 16.0. The maximum absolute atomic E-state index is 12.5. The van der Waals surface area contributed by atoms with E-state index in [1.165, 1.54) is 7.11 Å². The zero-order chi connectivity index (χ0) is 19.6. The third-order valence-corrected chi connectivity index (χ3v) is 4.13. The lowest BCUT2D eigenvalue weighted by molar-refractivity contribution is 0.0951. The second-order valence-corrected chi connectivity index (χ2v) is 6.06. The normalized spacial score (nSPS) is 10.2. The Morgan fingerprint density at radius 3 is 2.15 bits per heavy atom. The first kappa shape index (κ1) is 20.3. The van der Waals surface area contributed by atoms with Crippen molar-refractivity contribution in [1.82, 2.24) is 5.32 Å². The highest BCUT2D eigenvalue weighted by Crippen LogP contribution is 2.29. The average Bonchev–Trinajstić information content (AvgIpc) is 2.71. The minimum Gasteiger partial charge on any atom is -0.497 e. The molecule has 0 aliphatic rings. The van der Waals surface area contributed by atoms with E-state index in [0.717, 1.165) is 19.3 Å². The fourth-order valence-corrected chi connectivity index (χ4v) is 2.56. The number of hydrogen-bond acceptors (Lipinski definition) is 4. The van der Waals surface area contributed by atoms with Crippen LogP contribution in [0.1, 0.15) is 46.9 Å². The van der Waals surface area contributed by atoms with Crippen molar-refractivity contribution in [3.63, 3.8) is 0 Å². The Bertz CT molecular complexity index is 772. The van der Waals surface area contributed by atoms with Crippen LogP contribution in [0, 0.1) is 0 Å². The monoisotopic (exact) mass is 370 g/mol. The van der Waals surface area contributed by atoms with E-state index >= 15 is 0 Å². The molecule has 6 nitrogen and oxygen atoms in total. The number of hydrogen-bond donors (Lipinski definition) is 2. The fraction of sp³-hybridized carbons (Fsp3) is 0.333. The molecule has 0 aromatic heterocycles. The second kappa shape index (κ2) is 10.2. The molecule has 2 rings (SSSR count). The predicted octanol–water partition coefficient (Wildman–Crippen LogP) is 3.88. The van der Waals surface area contributed by atoms with E-state index in [0.29, 0.717) is 34.9 Å². The van der Waals surface area contributed by atoms with Gasteiger partial charge in [-0.15, -0.1) is 0 Å². The smallest absolute Gasteiger partial charge is 0.255 e. The van der Waals surface area contributed by atoms with Crippen LogP contribution in [0.2, 0.25) is 0 Å². The first-order valence-corrected chi connectivity index (χ1v) is 9.00. The molecule has 0 bridgehead atoms. The van der Waals surface area contributed by atoms with Crippen molar-refractivity contribution in [2.75, 3.05) is 26.1 Å². The third kappa shape index (κ3) is 5.74. The molecule has 2 aromatic rings. The Morgan fingerprint density at radius 1 is 0.889 bits per heavy atom. The number of anilines is 1. The Morgan fingerprint density at radius 2 is 1.56 bits per heavy atom. The van der Waals surface area contributed by atoms with Crippen LogP contribution in [-0.2, 0) is 0 Å². The fourth-order valence-electron chi connectivity index (χ4n) is 2.56. The molecule has 0 spiro atoms. The number of carbonyl (C=O) groups excluding carboxylic acids is 2. The summed E-state index contributed by atoms with van der Waals surface area (Å²) in [5, 5.41) is 5.69. The van der Waals surface area contributed by atoms with E-state index < -0.39 is 0 Å². The van der Waals surface area contributed by atoms with Gasteiger partial charge in [-0.25, -0.2) is 0 Å². The second-order valence-electron chi connectivity index (χ2n) is 6.06. The summed E-state index contributed by atoms with van der Waals surface area (Å²) in [7, 11) is 3.09. The van der Waals surface area contributed by atoms with Gasteiger partial charge in [0.2, 0.25) is 0 Å². The highest BCUT2D eigenvalue weighted by atomic mass is 16.5. The molecule has 0 aliphatic carbocycles. The molecule has 0 unspecified atom stereocenters. The van der Waals surface area contributed by atoms with Gasteiger partial charge in [0.25, 0.3) is 11.8 Å². The topological polar surface area (TPSA) is 76.7 Å². The largest absolute Gasteiger partial charge is 0.497 e. The maximum Gasteiger partial charge on any atom is 0.255 e. The van der Waals surface area contributed by atoms with Crippen molar-refractivity contribution < 1.29 is 19.1 Å². The summed E-state index contributed by atoms with van der Waals surface area (Å²) in [4.78, 5) is 24.6. The van der Waals surface area contributed by atoms with Gasteiger partial charge in [-0.2, -0.15) is 0 Å². The summed E-state index contributed by atoms with van der Waals surface area (Å²) >= 11 is 0. The van der Waals surface area contributed by atoms with Crippen molar-refractivity contribution in [2.45, 2.75) is 26.2 Å². The number of benzene rings is 2. The Labute approximate surface area is 159 Å². The number of ether oxygens (including phenoxy) is 2. The van der Waals surface area contributed by atoms with Crippen LogP contribution < -0.4 is 20.1 Å². The quantitative estimate of drug-likeness (QED) is 0.657. The van der Waals surface area contributed by atoms with E-state index in [2.05, 4.69) is 17.6 Å². The molecule has 0 aliphatic heterocycles. The summed E-state index contributed by atoms with van der Waals surface area (Å²) in [6.45, 7) is 2.78. The molecule has 0 saturated carbocycles. The highest BCUT2D eigenvalue weighted by molar-refractivity contribution is 6.05. The number of rotatable bonds is 9. The third-order valence-electron chi connectivity index (χ3n) is 4.13. The van der Waals surface area contributed by atoms with Gasteiger partial charge in [-0.05, 0) is 42.8 Å². The maximum atomic E-state index is 12.5. The summed E-state index contributed by atoms with van der Waals surface area (Å²) in [6.07, 6.45) is 3.16. The summed E-state index contributed by atoms with van der Waals surface area (Å²) in [6, 6.07) is 11.7. The van der Waals surface area contributed by atoms with Crippen LogP contribution in [0.5, 0.6) is 11.5 Å². The average molecular weight is 370 g/mol. The van der Waals surface area contributed by atoms with Crippen LogP contribution in [0.15, 0.2) is 42.5 Å². The SMILES string of the molecule is CCCCCNC(=O)c1ccc(C(=O)Nc2cc(OC)ccc2OC)cc1. The molecule has 0 fully saturated rings. The van der Waals surface area contributed by atoms with E-state index in [-0.39, 0.29) is 11.8 Å². The Kier molecular flexibility index (Phi) is 7.67.